The van der Waals surface area contributed by atoms with Crippen molar-refractivity contribution in [2.24, 2.45) is 0 Å². The number of thiophene rings is 1. The molecule has 0 bridgehead atoms. The smallest absolute Gasteiger partial charge is 0.251 e. The van der Waals surface area contributed by atoms with Gasteiger partial charge in [-0.15, -0.1) is 11.3 Å². The first-order chi connectivity index (χ1) is 8.54. The Hall–Kier alpha value is -0.620. The second kappa shape index (κ2) is 6.02. The van der Waals surface area contributed by atoms with Gasteiger partial charge in [-0.2, -0.15) is 0 Å². The molecular weight excluding hydrogens is 359 g/mol. The second-order valence-corrected chi connectivity index (χ2v) is 6.71. The van der Waals surface area contributed by atoms with Crippen molar-refractivity contribution in [1.29, 1.82) is 0 Å². The number of hydrogen-bond acceptors (Lipinski definition) is 3. The molecule has 3 nitrogen and oxygen atoms in total. The predicted molar refractivity (Wildman–Crippen MR) is 77.4 cm³/mol. The summed E-state index contributed by atoms with van der Waals surface area (Å²) in [7, 11) is 0. The van der Waals surface area contributed by atoms with E-state index in [2.05, 4.69) is 26.2 Å². The minimum Gasteiger partial charge on any atom is -0.347 e. The lowest BCUT2D eigenvalue weighted by molar-refractivity contribution is 0.0951. The van der Waals surface area contributed by atoms with Gasteiger partial charge in [0.25, 0.3) is 5.91 Å². The maximum atomic E-state index is 11.9. The number of rotatable bonds is 3. The molecule has 18 heavy (non-hydrogen) atoms. The molecule has 0 spiro atoms. The fraction of sp³-hybridized carbons (Fsp3) is 0.0909. The van der Waals surface area contributed by atoms with Gasteiger partial charge in [-0.3, -0.25) is 4.79 Å². The van der Waals surface area contributed by atoms with Gasteiger partial charge >= 0.3 is 0 Å². The first-order valence-corrected chi connectivity index (χ1v) is 7.26. The van der Waals surface area contributed by atoms with Crippen LogP contribution in [0.3, 0.4) is 0 Å². The molecule has 0 aliphatic carbocycles. The summed E-state index contributed by atoms with van der Waals surface area (Å²) in [6.45, 7) is 0.465. The van der Waals surface area contributed by atoms with Crippen LogP contribution in [0.25, 0.3) is 0 Å². The third kappa shape index (κ3) is 3.68. The number of carbonyl (C=O) groups excluding carboxylic acids is 1. The van der Waals surface area contributed by atoms with Gasteiger partial charge in [0, 0.05) is 10.4 Å². The summed E-state index contributed by atoms with van der Waals surface area (Å²) in [6, 6.07) is 6.84. The molecule has 2 aromatic heterocycles. The second-order valence-electron chi connectivity index (χ2n) is 3.39. The van der Waals surface area contributed by atoms with Gasteiger partial charge in [0.2, 0.25) is 0 Å². The number of amides is 1. The van der Waals surface area contributed by atoms with Crippen LogP contribution in [0.1, 0.15) is 15.2 Å². The number of nitrogens with zero attached hydrogens (tertiary/aromatic N) is 1. The summed E-state index contributed by atoms with van der Waals surface area (Å²) in [5, 5.41) is 3.19. The normalized spacial score (nSPS) is 10.4. The number of pyridine rings is 1. The van der Waals surface area contributed by atoms with Crippen LogP contribution >= 0.6 is 50.5 Å². The molecule has 1 N–H and O–H groups in total. The van der Waals surface area contributed by atoms with Crippen molar-refractivity contribution in [1.82, 2.24) is 10.3 Å². The molecule has 1 amide bonds. The molecule has 7 heteroatoms. The van der Waals surface area contributed by atoms with E-state index in [1.807, 2.05) is 12.1 Å². The van der Waals surface area contributed by atoms with Gasteiger partial charge in [-0.1, -0.05) is 23.2 Å². The van der Waals surface area contributed by atoms with Crippen LogP contribution in [0.5, 0.6) is 0 Å². The molecule has 0 radical (unpaired) electrons. The first-order valence-electron chi connectivity index (χ1n) is 4.90. The minimum atomic E-state index is -0.231. The molecule has 2 aromatic rings. The van der Waals surface area contributed by atoms with Crippen molar-refractivity contribution >= 4 is 56.4 Å². The first kappa shape index (κ1) is 13.8. The van der Waals surface area contributed by atoms with Crippen LogP contribution in [0, 0.1) is 0 Å². The van der Waals surface area contributed by atoms with Gasteiger partial charge in [-0.25, -0.2) is 4.98 Å². The monoisotopic (exact) mass is 364 g/mol. The van der Waals surface area contributed by atoms with Gasteiger partial charge in [0.1, 0.15) is 10.3 Å². The molecule has 94 valence electrons. The molecule has 0 unspecified atom stereocenters. The lowest BCUT2D eigenvalue weighted by atomic mass is 10.2. The zero-order chi connectivity index (χ0) is 13.1. The van der Waals surface area contributed by atoms with Gasteiger partial charge in [0.05, 0.1) is 10.3 Å². The van der Waals surface area contributed by atoms with Gasteiger partial charge in [-0.05, 0) is 40.2 Å². The van der Waals surface area contributed by atoms with Crippen molar-refractivity contribution < 1.29 is 4.79 Å². The lowest BCUT2D eigenvalue weighted by Gasteiger charge is -2.04. The van der Waals surface area contributed by atoms with Crippen LogP contribution in [0.2, 0.25) is 10.3 Å². The van der Waals surface area contributed by atoms with E-state index in [-0.39, 0.29) is 16.2 Å². The van der Waals surface area contributed by atoms with E-state index in [0.29, 0.717) is 12.1 Å². The maximum absolute atomic E-state index is 11.9. The van der Waals surface area contributed by atoms with Crippen LogP contribution in [-0.2, 0) is 6.54 Å². The van der Waals surface area contributed by atoms with E-state index in [1.54, 1.807) is 11.3 Å². The Balaban J connectivity index is 2.03. The summed E-state index contributed by atoms with van der Waals surface area (Å²) in [4.78, 5) is 16.7. The molecule has 2 heterocycles. The highest BCUT2D eigenvalue weighted by Gasteiger charge is 2.09. The zero-order valence-electron chi connectivity index (χ0n) is 8.91. The van der Waals surface area contributed by atoms with Crippen LogP contribution in [0.4, 0.5) is 0 Å². The van der Waals surface area contributed by atoms with E-state index >= 15 is 0 Å². The number of nitrogens with one attached hydrogen (secondary N) is 1. The largest absolute Gasteiger partial charge is 0.347 e. The quantitative estimate of drug-likeness (QED) is 0.830. The Morgan fingerprint density at radius 3 is 2.56 bits per heavy atom. The zero-order valence-corrected chi connectivity index (χ0v) is 12.8. The highest BCUT2D eigenvalue weighted by Crippen LogP contribution is 2.22. The summed E-state index contributed by atoms with van der Waals surface area (Å²) >= 11 is 16.4. The standard InChI is InChI=1S/C11H7BrCl2N2OS/c12-8-2-1-7(18-8)5-15-11(17)6-3-9(13)16-10(14)4-6/h1-4H,5H2,(H,15,17). The summed E-state index contributed by atoms with van der Waals surface area (Å²) < 4.78 is 1.03. The summed E-state index contributed by atoms with van der Waals surface area (Å²) in [6.07, 6.45) is 0. The molecule has 0 aliphatic rings. The Morgan fingerprint density at radius 1 is 1.33 bits per heavy atom. The van der Waals surface area contributed by atoms with Crippen molar-refractivity contribution in [2.75, 3.05) is 0 Å². The molecule has 0 saturated heterocycles. The van der Waals surface area contributed by atoms with E-state index in [4.69, 9.17) is 23.2 Å². The van der Waals surface area contributed by atoms with E-state index in [0.717, 1.165) is 8.66 Å². The van der Waals surface area contributed by atoms with Crippen LogP contribution in [0.15, 0.2) is 28.1 Å². The van der Waals surface area contributed by atoms with E-state index < -0.39 is 0 Å². The Kier molecular flexibility index (Phi) is 4.61. The fourth-order valence-corrected chi connectivity index (χ4v) is 3.20. The highest BCUT2D eigenvalue weighted by atomic mass is 79.9. The predicted octanol–water partition coefficient (Wildman–Crippen LogP) is 4.14. The average molecular weight is 366 g/mol. The van der Waals surface area contributed by atoms with Gasteiger partial charge in [0.15, 0.2) is 0 Å². The SMILES string of the molecule is O=C(NCc1ccc(Br)s1)c1cc(Cl)nc(Cl)c1. The highest BCUT2D eigenvalue weighted by molar-refractivity contribution is 9.11. The lowest BCUT2D eigenvalue weighted by Crippen LogP contribution is -2.22. The van der Waals surface area contributed by atoms with Crippen molar-refractivity contribution in [2.45, 2.75) is 6.54 Å². The number of carbonyl (C=O) groups is 1. The molecule has 0 aromatic carbocycles. The van der Waals surface area contributed by atoms with Gasteiger partial charge < -0.3 is 5.32 Å². The van der Waals surface area contributed by atoms with E-state index in [9.17, 15) is 4.79 Å². The molecule has 0 fully saturated rings. The van der Waals surface area contributed by atoms with Crippen LogP contribution < -0.4 is 5.32 Å². The summed E-state index contributed by atoms with van der Waals surface area (Å²) in [5.41, 5.74) is 0.399. The third-order valence-corrected chi connectivity index (χ3v) is 4.09. The van der Waals surface area contributed by atoms with Crippen molar-refractivity contribution in [3.05, 3.63) is 48.8 Å². The Bertz CT molecular complexity index is 568. The number of hydrogen-bond donors (Lipinski definition) is 1. The molecular formula is C11H7BrCl2N2OS. The van der Waals surface area contributed by atoms with E-state index in [1.165, 1.54) is 12.1 Å². The minimum absolute atomic E-state index is 0.200. The molecule has 2 rings (SSSR count). The summed E-state index contributed by atoms with van der Waals surface area (Å²) in [5.74, 6) is -0.231. The van der Waals surface area contributed by atoms with Crippen molar-refractivity contribution in [3.63, 3.8) is 0 Å². The Labute approximate surface area is 126 Å². The molecule has 0 atom stereocenters. The third-order valence-electron chi connectivity index (χ3n) is 2.08. The van der Waals surface area contributed by atoms with Crippen molar-refractivity contribution in [3.8, 4) is 0 Å². The molecule has 0 saturated carbocycles. The maximum Gasteiger partial charge on any atom is 0.251 e. The Morgan fingerprint density at radius 2 is 2.00 bits per heavy atom. The average Bonchev–Trinajstić information content (AvgIpc) is 2.70. The van der Waals surface area contributed by atoms with Crippen LogP contribution in [-0.4, -0.2) is 10.9 Å². The fourth-order valence-electron chi connectivity index (χ4n) is 1.31. The number of halogens is 3. The number of aromatic nitrogens is 1. The molecule has 0 aliphatic heterocycles. The topological polar surface area (TPSA) is 42.0 Å².